The fraction of sp³-hybridized carbons (Fsp3) is 0.533. The van der Waals surface area contributed by atoms with Crippen molar-refractivity contribution in [2.24, 2.45) is 4.99 Å². The van der Waals surface area contributed by atoms with E-state index in [9.17, 15) is 0 Å². The first-order chi connectivity index (χ1) is 9.29. The van der Waals surface area contributed by atoms with Gasteiger partial charge in [-0.2, -0.15) is 0 Å². The van der Waals surface area contributed by atoms with E-state index in [4.69, 9.17) is 11.6 Å². The number of halogens is 1. The predicted octanol–water partition coefficient (Wildman–Crippen LogP) is 3.34. The smallest absolute Gasteiger partial charge is 0.191 e. The molecule has 1 fully saturated rings. The molecular weight excluding hydrogens is 258 g/mol. The molecule has 0 bridgehead atoms. The minimum absolute atomic E-state index is 0.573. The third-order valence-corrected chi connectivity index (χ3v) is 3.77. The van der Waals surface area contributed by atoms with Gasteiger partial charge >= 0.3 is 0 Å². The van der Waals surface area contributed by atoms with E-state index in [2.05, 4.69) is 22.5 Å². The van der Waals surface area contributed by atoms with Crippen molar-refractivity contribution < 1.29 is 0 Å². The van der Waals surface area contributed by atoms with Crippen molar-refractivity contribution in [3.63, 3.8) is 0 Å². The Morgan fingerprint density at radius 2 is 2.05 bits per heavy atom. The first-order valence-electron chi connectivity index (χ1n) is 7.08. The maximum Gasteiger partial charge on any atom is 0.191 e. The molecule has 0 saturated heterocycles. The molecule has 1 aliphatic rings. The molecule has 104 valence electrons. The van der Waals surface area contributed by atoms with Crippen molar-refractivity contribution in [3.05, 3.63) is 34.9 Å². The van der Waals surface area contributed by atoms with Crippen LogP contribution in [0.2, 0.25) is 5.02 Å². The van der Waals surface area contributed by atoms with Gasteiger partial charge in [0.05, 0.1) is 6.54 Å². The van der Waals surface area contributed by atoms with Crippen LogP contribution in [0, 0.1) is 0 Å². The number of nitrogens with one attached hydrogen (secondary N) is 2. The number of aliphatic imine (C=N–C) groups is 1. The van der Waals surface area contributed by atoms with E-state index in [1.165, 1.54) is 25.7 Å². The van der Waals surface area contributed by atoms with Crippen LogP contribution >= 0.6 is 11.6 Å². The second-order valence-electron chi connectivity index (χ2n) is 4.91. The van der Waals surface area contributed by atoms with E-state index in [0.29, 0.717) is 12.6 Å². The van der Waals surface area contributed by atoms with Crippen LogP contribution in [-0.4, -0.2) is 18.5 Å². The SMILES string of the molecule is CCNC(=NCc1ccccc1Cl)NC1CCCC1. The minimum Gasteiger partial charge on any atom is -0.357 e. The van der Waals surface area contributed by atoms with E-state index < -0.39 is 0 Å². The summed E-state index contributed by atoms with van der Waals surface area (Å²) in [5.41, 5.74) is 1.06. The molecule has 1 aromatic rings. The van der Waals surface area contributed by atoms with Crippen molar-refractivity contribution in [1.82, 2.24) is 10.6 Å². The largest absolute Gasteiger partial charge is 0.357 e. The zero-order valence-electron chi connectivity index (χ0n) is 11.5. The van der Waals surface area contributed by atoms with Crippen molar-refractivity contribution >= 4 is 17.6 Å². The fourth-order valence-electron chi connectivity index (χ4n) is 2.37. The molecule has 1 saturated carbocycles. The van der Waals surface area contributed by atoms with Crippen LogP contribution in [-0.2, 0) is 6.54 Å². The van der Waals surface area contributed by atoms with E-state index in [0.717, 1.165) is 23.1 Å². The standard InChI is InChI=1S/C15H22ClN3/c1-2-17-15(19-13-8-4-5-9-13)18-11-12-7-3-6-10-14(12)16/h3,6-7,10,13H,2,4-5,8-9,11H2,1H3,(H2,17,18,19). The zero-order chi connectivity index (χ0) is 13.5. The highest BCUT2D eigenvalue weighted by molar-refractivity contribution is 6.31. The van der Waals surface area contributed by atoms with Gasteiger partial charge in [-0.05, 0) is 31.4 Å². The molecule has 1 aromatic carbocycles. The van der Waals surface area contributed by atoms with Crippen molar-refractivity contribution in [2.45, 2.75) is 45.2 Å². The molecule has 3 nitrogen and oxygen atoms in total. The van der Waals surface area contributed by atoms with Crippen molar-refractivity contribution in [2.75, 3.05) is 6.54 Å². The molecule has 2 N–H and O–H groups in total. The van der Waals surface area contributed by atoms with E-state index in [1.54, 1.807) is 0 Å². The Balaban J connectivity index is 1.97. The molecular formula is C15H22ClN3. The molecule has 1 aliphatic carbocycles. The Hall–Kier alpha value is -1.22. The molecule has 0 amide bonds. The molecule has 19 heavy (non-hydrogen) atoms. The van der Waals surface area contributed by atoms with Gasteiger partial charge in [0.2, 0.25) is 0 Å². The molecule has 0 unspecified atom stereocenters. The summed E-state index contributed by atoms with van der Waals surface area (Å²) in [6.45, 7) is 3.57. The third kappa shape index (κ3) is 4.43. The molecule has 0 radical (unpaired) electrons. The monoisotopic (exact) mass is 279 g/mol. The van der Waals surface area contributed by atoms with E-state index >= 15 is 0 Å². The molecule has 0 heterocycles. The molecule has 4 heteroatoms. The van der Waals surface area contributed by atoms with Crippen LogP contribution in [0.15, 0.2) is 29.3 Å². The first-order valence-corrected chi connectivity index (χ1v) is 7.45. The topological polar surface area (TPSA) is 36.4 Å². The van der Waals surface area contributed by atoms with Gasteiger partial charge in [-0.25, -0.2) is 4.99 Å². The minimum atomic E-state index is 0.573. The summed E-state index contributed by atoms with van der Waals surface area (Å²) >= 11 is 6.14. The zero-order valence-corrected chi connectivity index (χ0v) is 12.2. The number of benzene rings is 1. The van der Waals surface area contributed by atoms with Gasteiger partial charge < -0.3 is 10.6 Å². The van der Waals surface area contributed by atoms with Crippen LogP contribution in [0.5, 0.6) is 0 Å². The van der Waals surface area contributed by atoms with Gasteiger partial charge in [-0.15, -0.1) is 0 Å². The molecule has 0 aromatic heterocycles. The number of hydrogen-bond acceptors (Lipinski definition) is 1. The van der Waals surface area contributed by atoms with E-state index in [1.807, 2.05) is 24.3 Å². The van der Waals surface area contributed by atoms with Crippen molar-refractivity contribution in [1.29, 1.82) is 0 Å². The van der Waals surface area contributed by atoms with Gasteiger partial charge in [0.25, 0.3) is 0 Å². The average molecular weight is 280 g/mol. The maximum atomic E-state index is 6.14. The van der Waals surface area contributed by atoms with Crippen molar-refractivity contribution in [3.8, 4) is 0 Å². The summed E-state index contributed by atoms with van der Waals surface area (Å²) in [4.78, 5) is 4.62. The first kappa shape index (κ1) is 14.2. The summed E-state index contributed by atoms with van der Waals surface area (Å²) in [5, 5.41) is 7.58. The Labute approximate surface area is 120 Å². The molecule has 2 rings (SSSR count). The number of rotatable bonds is 4. The maximum absolute atomic E-state index is 6.14. The van der Waals surface area contributed by atoms with Crippen LogP contribution < -0.4 is 10.6 Å². The lowest BCUT2D eigenvalue weighted by atomic mass is 10.2. The van der Waals surface area contributed by atoms with Crippen LogP contribution in [0.4, 0.5) is 0 Å². The highest BCUT2D eigenvalue weighted by Gasteiger charge is 2.15. The van der Waals surface area contributed by atoms with Crippen LogP contribution in [0.25, 0.3) is 0 Å². The van der Waals surface area contributed by atoms with Gasteiger partial charge in [0.1, 0.15) is 0 Å². The average Bonchev–Trinajstić information content (AvgIpc) is 2.91. The van der Waals surface area contributed by atoms with Crippen LogP contribution in [0.3, 0.4) is 0 Å². The number of guanidine groups is 1. The summed E-state index contributed by atoms with van der Waals surface area (Å²) in [7, 11) is 0. The Kier molecular flexibility index (Phi) is 5.52. The van der Waals surface area contributed by atoms with Gasteiger partial charge in [-0.3, -0.25) is 0 Å². The highest BCUT2D eigenvalue weighted by Crippen LogP contribution is 2.18. The lowest BCUT2D eigenvalue weighted by Gasteiger charge is -2.16. The summed E-state index contributed by atoms with van der Waals surface area (Å²) in [6.07, 6.45) is 5.14. The number of hydrogen-bond donors (Lipinski definition) is 2. The summed E-state index contributed by atoms with van der Waals surface area (Å²) in [5.74, 6) is 0.898. The molecule has 0 atom stereocenters. The normalized spacial score (nSPS) is 16.6. The summed E-state index contributed by atoms with van der Waals surface area (Å²) in [6, 6.07) is 8.43. The highest BCUT2D eigenvalue weighted by atomic mass is 35.5. The Morgan fingerprint density at radius 3 is 2.74 bits per heavy atom. The summed E-state index contributed by atoms with van der Waals surface area (Å²) < 4.78 is 0. The third-order valence-electron chi connectivity index (χ3n) is 3.41. The quantitative estimate of drug-likeness (QED) is 0.655. The van der Waals surface area contributed by atoms with Gasteiger partial charge in [0, 0.05) is 17.6 Å². The fourth-order valence-corrected chi connectivity index (χ4v) is 2.57. The predicted molar refractivity (Wildman–Crippen MR) is 81.7 cm³/mol. The molecule has 0 spiro atoms. The Morgan fingerprint density at radius 1 is 1.32 bits per heavy atom. The Bertz CT molecular complexity index is 425. The lowest BCUT2D eigenvalue weighted by molar-refractivity contribution is 0.614. The van der Waals surface area contributed by atoms with Crippen LogP contribution in [0.1, 0.15) is 38.2 Å². The van der Waals surface area contributed by atoms with Gasteiger partial charge in [0.15, 0.2) is 5.96 Å². The second kappa shape index (κ2) is 7.39. The lowest BCUT2D eigenvalue weighted by Crippen LogP contribution is -2.42. The van der Waals surface area contributed by atoms with Gasteiger partial charge in [-0.1, -0.05) is 42.6 Å². The molecule has 0 aliphatic heterocycles. The number of nitrogens with zero attached hydrogens (tertiary/aromatic N) is 1. The second-order valence-corrected chi connectivity index (χ2v) is 5.32. The van der Waals surface area contributed by atoms with E-state index in [-0.39, 0.29) is 0 Å².